The van der Waals surface area contributed by atoms with Crippen molar-refractivity contribution in [1.29, 1.82) is 0 Å². The zero-order valence-electron chi connectivity index (χ0n) is 17.3. The molecular weight excluding hydrogens is 413 g/mol. The third-order valence-corrected chi connectivity index (χ3v) is 5.37. The van der Waals surface area contributed by atoms with Crippen molar-refractivity contribution in [3.63, 3.8) is 0 Å². The standard InChI is InChI=1S/C22H20FN7O2/c1-14-25-21(28-32-14)16-4-7-20(24-13-16)29-8-10-30(11-9-29)22(31)19-12-18(26-27-19)15-2-5-17(23)6-3-15/h2-7,12-13H,8-11H2,1H3,(H,26,27). The number of aromatic amines is 1. The maximum absolute atomic E-state index is 13.1. The summed E-state index contributed by atoms with van der Waals surface area (Å²) in [6.45, 7) is 4.21. The van der Waals surface area contributed by atoms with E-state index in [2.05, 4.69) is 30.2 Å². The lowest BCUT2D eigenvalue weighted by Crippen LogP contribution is -2.49. The molecule has 4 heterocycles. The Kier molecular flexibility index (Phi) is 5.10. The molecule has 0 atom stereocenters. The van der Waals surface area contributed by atoms with Crippen LogP contribution in [0.15, 0.2) is 53.2 Å². The minimum absolute atomic E-state index is 0.110. The number of carbonyl (C=O) groups is 1. The van der Waals surface area contributed by atoms with E-state index in [1.807, 2.05) is 12.1 Å². The van der Waals surface area contributed by atoms with Gasteiger partial charge in [-0.3, -0.25) is 9.89 Å². The van der Waals surface area contributed by atoms with Crippen molar-refractivity contribution in [3.8, 4) is 22.6 Å². The molecule has 1 fully saturated rings. The van der Waals surface area contributed by atoms with Crippen LogP contribution < -0.4 is 4.90 Å². The van der Waals surface area contributed by atoms with Gasteiger partial charge in [0.05, 0.1) is 5.69 Å². The van der Waals surface area contributed by atoms with Gasteiger partial charge in [0.1, 0.15) is 17.3 Å². The van der Waals surface area contributed by atoms with Gasteiger partial charge in [-0.2, -0.15) is 10.1 Å². The van der Waals surface area contributed by atoms with Gasteiger partial charge < -0.3 is 14.3 Å². The number of aryl methyl sites for hydroxylation is 1. The number of rotatable bonds is 4. The number of hydrogen-bond donors (Lipinski definition) is 1. The zero-order valence-corrected chi connectivity index (χ0v) is 17.3. The molecule has 1 N–H and O–H groups in total. The van der Waals surface area contributed by atoms with Crippen molar-refractivity contribution in [2.75, 3.05) is 31.1 Å². The van der Waals surface area contributed by atoms with Crippen LogP contribution in [0.5, 0.6) is 0 Å². The van der Waals surface area contributed by atoms with E-state index in [0.29, 0.717) is 49.3 Å². The summed E-state index contributed by atoms with van der Waals surface area (Å²) in [6.07, 6.45) is 1.72. The number of aromatic nitrogens is 5. The molecule has 0 radical (unpaired) electrons. The molecule has 1 aliphatic rings. The van der Waals surface area contributed by atoms with Crippen LogP contribution in [0.4, 0.5) is 10.2 Å². The first-order valence-corrected chi connectivity index (χ1v) is 10.2. The van der Waals surface area contributed by atoms with Crippen LogP contribution in [0, 0.1) is 12.7 Å². The maximum atomic E-state index is 13.1. The highest BCUT2D eigenvalue weighted by Gasteiger charge is 2.24. The molecule has 0 spiro atoms. The molecular formula is C22H20FN7O2. The van der Waals surface area contributed by atoms with Crippen LogP contribution >= 0.6 is 0 Å². The molecule has 162 valence electrons. The van der Waals surface area contributed by atoms with Gasteiger partial charge in [-0.1, -0.05) is 5.16 Å². The molecule has 9 nitrogen and oxygen atoms in total. The fraction of sp³-hybridized carbons (Fsp3) is 0.227. The van der Waals surface area contributed by atoms with Crippen LogP contribution in [-0.2, 0) is 0 Å². The molecule has 0 aliphatic carbocycles. The number of hydrogen-bond acceptors (Lipinski definition) is 7. The summed E-state index contributed by atoms with van der Waals surface area (Å²) in [4.78, 5) is 25.5. The van der Waals surface area contributed by atoms with Gasteiger partial charge in [0.2, 0.25) is 11.7 Å². The number of benzene rings is 1. The Morgan fingerprint density at radius 3 is 2.47 bits per heavy atom. The van der Waals surface area contributed by atoms with Gasteiger partial charge in [0.25, 0.3) is 5.91 Å². The number of anilines is 1. The highest BCUT2D eigenvalue weighted by molar-refractivity contribution is 5.93. The quantitative estimate of drug-likeness (QED) is 0.528. The van der Waals surface area contributed by atoms with Crippen LogP contribution in [0.2, 0.25) is 0 Å². The fourth-order valence-electron chi connectivity index (χ4n) is 3.63. The summed E-state index contributed by atoms with van der Waals surface area (Å²) in [5.74, 6) is 1.43. The summed E-state index contributed by atoms with van der Waals surface area (Å²) in [6, 6.07) is 11.5. The lowest BCUT2D eigenvalue weighted by atomic mass is 10.1. The minimum atomic E-state index is -0.313. The predicted octanol–water partition coefficient (Wildman–Crippen LogP) is 2.93. The molecule has 0 bridgehead atoms. The van der Waals surface area contributed by atoms with Crippen LogP contribution in [0.1, 0.15) is 16.4 Å². The number of amides is 1. The van der Waals surface area contributed by atoms with Gasteiger partial charge in [0.15, 0.2) is 0 Å². The Morgan fingerprint density at radius 1 is 1.06 bits per heavy atom. The molecule has 1 aliphatic heterocycles. The van der Waals surface area contributed by atoms with E-state index in [9.17, 15) is 9.18 Å². The molecule has 3 aromatic heterocycles. The highest BCUT2D eigenvalue weighted by atomic mass is 19.1. The Morgan fingerprint density at radius 2 is 1.81 bits per heavy atom. The number of piperazine rings is 1. The number of H-pyrrole nitrogens is 1. The Balaban J connectivity index is 1.21. The van der Waals surface area contributed by atoms with Crippen molar-refractivity contribution < 1.29 is 13.7 Å². The molecule has 10 heteroatoms. The van der Waals surface area contributed by atoms with Gasteiger partial charge in [-0.05, 0) is 42.5 Å². The summed E-state index contributed by atoms with van der Waals surface area (Å²) < 4.78 is 18.1. The number of halogens is 1. The first-order chi connectivity index (χ1) is 15.6. The zero-order chi connectivity index (χ0) is 22.1. The minimum Gasteiger partial charge on any atom is -0.353 e. The number of carbonyl (C=O) groups excluding carboxylic acids is 1. The molecule has 1 saturated heterocycles. The van der Waals surface area contributed by atoms with Crippen molar-refractivity contribution in [2.45, 2.75) is 6.92 Å². The largest absolute Gasteiger partial charge is 0.353 e. The molecule has 5 rings (SSSR count). The molecule has 0 unspecified atom stereocenters. The highest BCUT2D eigenvalue weighted by Crippen LogP contribution is 2.21. The van der Waals surface area contributed by atoms with Gasteiger partial charge in [-0.25, -0.2) is 9.37 Å². The van der Waals surface area contributed by atoms with E-state index in [4.69, 9.17) is 4.52 Å². The molecule has 4 aromatic rings. The average molecular weight is 433 g/mol. The summed E-state index contributed by atoms with van der Waals surface area (Å²) in [5, 5.41) is 10.9. The van der Waals surface area contributed by atoms with E-state index in [1.54, 1.807) is 36.2 Å². The van der Waals surface area contributed by atoms with E-state index < -0.39 is 0 Å². The predicted molar refractivity (Wildman–Crippen MR) is 114 cm³/mol. The monoisotopic (exact) mass is 433 g/mol. The third kappa shape index (κ3) is 3.94. The Bertz CT molecular complexity index is 1230. The molecule has 0 saturated carbocycles. The fourth-order valence-corrected chi connectivity index (χ4v) is 3.63. The second-order valence-electron chi connectivity index (χ2n) is 7.50. The van der Waals surface area contributed by atoms with E-state index in [0.717, 1.165) is 16.9 Å². The lowest BCUT2D eigenvalue weighted by Gasteiger charge is -2.35. The lowest BCUT2D eigenvalue weighted by molar-refractivity contribution is 0.0740. The molecule has 1 amide bonds. The number of pyridine rings is 1. The average Bonchev–Trinajstić information content (AvgIpc) is 3.49. The number of nitrogens with zero attached hydrogens (tertiary/aromatic N) is 6. The maximum Gasteiger partial charge on any atom is 0.272 e. The van der Waals surface area contributed by atoms with Crippen LogP contribution in [0.25, 0.3) is 22.6 Å². The van der Waals surface area contributed by atoms with Crippen molar-refractivity contribution >= 4 is 11.7 Å². The van der Waals surface area contributed by atoms with Gasteiger partial charge in [0, 0.05) is 50.4 Å². The van der Waals surface area contributed by atoms with Crippen molar-refractivity contribution in [3.05, 3.63) is 66.1 Å². The number of nitrogens with one attached hydrogen (secondary N) is 1. The smallest absolute Gasteiger partial charge is 0.272 e. The van der Waals surface area contributed by atoms with Gasteiger partial charge >= 0.3 is 0 Å². The van der Waals surface area contributed by atoms with Crippen LogP contribution in [0.3, 0.4) is 0 Å². The topological polar surface area (TPSA) is 104 Å². The second-order valence-corrected chi connectivity index (χ2v) is 7.50. The SMILES string of the molecule is Cc1nc(-c2ccc(N3CCN(C(=O)c4cc(-c5ccc(F)cc5)n[nH]4)CC3)nc2)no1. The Hall–Kier alpha value is -4.08. The van der Waals surface area contributed by atoms with Crippen LogP contribution in [-0.4, -0.2) is 62.3 Å². The summed E-state index contributed by atoms with van der Waals surface area (Å²) in [7, 11) is 0. The first kappa shape index (κ1) is 19.9. The van der Waals surface area contributed by atoms with Crippen molar-refractivity contribution in [1.82, 2.24) is 30.2 Å². The van der Waals surface area contributed by atoms with Gasteiger partial charge in [-0.15, -0.1) is 0 Å². The summed E-state index contributed by atoms with van der Waals surface area (Å²) in [5.41, 5.74) is 2.55. The normalized spacial score (nSPS) is 14.1. The van der Waals surface area contributed by atoms with E-state index in [1.165, 1.54) is 12.1 Å². The Labute approximate surface area is 182 Å². The molecule has 1 aromatic carbocycles. The van der Waals surface area contributed by atoms with Crippen molar-refractivity contribution in [2.24, 2.45) is 0 Å². The summed E-state index contributed by atoms with van der Waals surface area (Å²) >= 11 is 0. The van der Waals surface area contributed by atoms with E-state index in [-0.39, 0.29) is 11.7 Å². The third-order valence-electron chi connectivity index (χ3n) is 5.37. The first-order valence-electron chi connectivity index (χ1n) is 10.2. The van der Waals surface area contributed by atoms with E-state index >= 15 is 0 Å². The second kappa shape index (κ2) is 8.22. The molecule has 32 heavy (non-hydrogen) atoms.